The Kier molecular flexibility index (Phi) is 4.31. The standard InChI is InChI=1S/C18H20N2O/c21-18(15-7-3-1-4-8-15)16-9-11-17(12-10-16)19-20-13-5-2-6-14-20/h1,3-4,7-12,19H,2,5-6,13-14H2. The van der Waals surface area contributed by atoms with E-state index in [4.69, 9.17) is 0 Å². The Morgan fingerprint density at radius 1 is 0.810 bits per heavy atom. The molecule has 1 fully saturated rings. The van der Waals surface area contributed by atoms with Gasteiger partial charge in [0.05, 0.1) is 0 Å². The smallest absolute Gasteiger partial charge is 0.193 e. The first-order chi connectivity index (χ1) is 10.3. The Bertz CT molecular complexity index is 586. The van der Waals surface area contributed by atoms with Crippen LogP contribution in [0.15, 0.2) is 54.6 Å². The van der Waals surface area contributed by atoms with Gasteiger partial charge in [-0.1, -0.05) is 36.8 Å². The highest BCUT2D eigenvalue weighted by molar-refractivity contribution is 6.09. The molecule has 108 valence electrons. The number of hydrogen-bond acceptors (Lipinski definition) is 3. The third-order valence-electron chi connectivity index (χ3n) is 3.83. The maximum absolute atomic E-state index is 12.3. The third-order valence-corrected chi connectivity index (χ3v) is 3.83. The van der Waals surface area contributed by atoms with Crippen molar-refractivity contribution in [3.63, 3.8) is 0 Å². The van der Waals surface area contributed by atoms with E-state index < -0.39 is 0 Å². The highest BCUT2D eigenvalue weighted by Crippen LogP contribution is 2.16. The van der Waals surface area contributed by atoms with Crippen LogP contribution in [0.4, 0.5) is 5.69 Å². The second kappa shape index (κ2) is 6.55. The maximum Gasteiger partial charge on any atom is 0.193 e. The summed E-state index contributed by atoms with van der Waals surface area (Å²) in [5.41, 5.74) is 5.91. The number of anilines is 1. The molecule has 1 heterocycles. The topological polar surface area (TPSA) is 32.3 Å². The molecule has 1 saturated heterocycles. The number of rotatable bonds is 4. The van der Waals surface area contributed by atoms with Gasteiger partial charge in [0, 0.05) is 29.9 Å². The lowest BCUT2D eigenvalue weighted by Gasteiger charge is -2.27. The zero-order valence-corrected chi connectivity index (χ0v) is 12.1. The van der Waals surface area contributed by atoms with Crippen molar-refractivity contribution in [2.45, 2.75) is 19.3 Å². The van der Waals surface area contributed by atoms with E-state index in [1.807, 2.05) is 54.6 Å². The van der Waals surface area contributed by atoms with Crippen molar-refractivity contribution in [3.8, 4) is 0 Å². The Hall–Kier alpha value is -2.13. The van der Waals surface area contributed by atoms with Crippen LogP contribution in [0.25, 0.3) is 0 Å². The summed E-state index contributed by atoms with van der Waals surface area (Å²) in [6.07, 6.45) is 3.82. The molecule has 2 aromatic rings. The Morgan fingerprint density at radius 2 is 1.43 bits per heavy atom. The normalized spacial score (nSPS) is 15.6. The van der Waals surface area contributed by atoms with Crippen LogP contribution in [0.5, 0.6) is 0 Å². The Labute approximate surface area is 125 Å². The van der Waals surface area contributed by atoms with Gasteiger partial charge in [0.2, 0.25) is 0 Å². The second-order valence-electron chi connectivity index (χ2n) is 5.43. The molecule has 3 heteroatoms. The number of piperidine rings is 1. The van der Waals surface area contributed by atoms with E-state index in [0.29, 0.717) is 0 Å². The minimum absolute atomic E-state index is 0.0696. The first-order valence-corrected chi connectivity index (χ1v) is 7.54. The molecule has 0 aliphatic carbocycles. The minimum atomic E-state index is 0.0696. The van der Waals surface area contributed by atoms with Gasteiger partial charge in [-0.2, -0.15) is 0 Å². The van der Waals surface area contributed by atoms with Crippen LogP contribution in [0.1, 0.15) is 35.2 Å². The quantitative estimate of drug-likeness (QED) is 0.866. The number of carbonyl (C=O) groups is 1. The second-order valence-corrected chi connectivity index (χ2v) is 5.43. The number of nitrogens with zero attached hydrogens (tertiary/aromatic N) is 1. The van der Waals surface area contributed by atoms with Crippen molar-refractivity contribution in [2.24, 2.45) is 0 Å². The van der Waals surface area contributed by atoms with Gasteiger partial charge in [0.25, 0.3) is 0 Å². The van der Waals surface area contributed by atoms with Gasteiger partial charge in [-0.25, -0.2) is 5.01 Å². The van der Waals surface area contributed by atoms with Crippen molar-refractivity contribution >= 4 is 11.5 Å². The molecule has 0 atom stereocenters. The molecule has 21 heavy (non-hydrogen) atoms. The summed E-state index contributed by atoms with van der Waals surface area (Å²) < 4.78 is 0. The van der Waals surface area contributed by atoms with Crippen LogP contribution in [0.3, 0.4) is 0 Å². The molecule has 0 saturated carbocycles. The van der Waals surface area contributed by atoms with E-state index in [0.717, 1.165) is 29.9 Å². The van der Waals surface area contributed by atoms with Crippen LogP contribution >= 0.6 is 0 Å². The molecular weight excluding hydrogens is 260 g/mol. The molecular formula is C18H20N2O. The summed E-state index contributed by atoms with van der Waals surface area (Å²) in [7, 11) is 0. The Morgan fingerprint density at radius 3 is 2.10 bits per heavy atom. The lowest BCUT2D eigenvalue weighted by Crippen LogP contribution is -2.34. The van der Waals surface area contributed by atoms with Gasteiger partial charge in [-0.3, -0.25) is 4.79 Å². The average Bonchev–Trinajstić information content (AvgIpc) is 2.57. The SMILES string of the molecule is O=C(c1ccccc1)c1ccc(NN2CCCCC2)cc1. The molecule has 1 N–H and O–H groups in total. The first kappa shape index (κ1) is 13.8. The molecule has 1 aliphatic heterocycles. The molecule has 0 amide bonds. The lowest BCUT2D eigenvalue weighted by atomic mass is 10.0. The number of hydrogen-bond donors (Lipinski definition) is 1. The number of hydrazine groups is 1. The zero-order chi connectivity index (χ0) is 14.5. The van der Waals surface area contributed by atoms with Crippen LogP contribution in [0.2, 0.25) is 0 Å². The van der Waals surface area contributed by atoms with E-state index in [1.165, 1.54) is 19.3 Å². The molecule has 0 unspecified atom stereocenters. The van der Waals surface area contributed by atoms with E-state index in [9.17, 15) is 4.79 Å². The molecule has 0 spiro atoms. The van der Waals surface area contributed by atoms with Crippen molar-refractivity contribution in [2.75, 3.05) is 18.5 Å². The van der Waals surface area contributed by atoms with E-state index >= 15 is 0 Å². The summed E-state index contributed by atoms with van der Waals surface area (Å²) in [5, 5.41) is 2.25. The average molecular weight is 280 g/mol. The molecule has 3 nitrogen and oxygen atoms in total. The van der Waals surface area contributed by atoms with Crippen molar-refractivity contribution < 1.29 is 4.79 Å². The van der Waals surface area contributed by atoms with Gasteiger partial charge < -0.3 is 5.43 Å². The fourth-order valence-electron chi connectivity index (χ4n) is 2.64. The summed E-state index contributed by atoms with van der Waals surface area (Å²) in [5.74, 6) is 0.0696. The predicted molar refractivity (Wildman–Crippen MR) is 85.4 cm³/mol. The summed E-state index contributed by atoms with van der Waals surface area (Å²) in [6.45, 7) is 2.18. The Balaban J connectivity index is 1.67. The highest BCUT2D eigenvalue weighted by atomic mass is 16.1. The van der Waals surface area contributed by atoms with Gasteiger partial charge in [-0.05, 0) is 37.1 Å². The lowest BCUT2D eigenvalue weighted by molar-refractivity contribution is 0.103. The molecule has 3 rings (SSSR count). The zero-order valence-electron chi connectivity index (χ0n) is 12.1. The molecule has 0 bridgehead atoms. The number of carbonyl (C=O) groups excluding carboxylic acids is 1. The maximum atomic E-state index is 12.3. The molecule has 2 aromatic carbocycles. The van der Waals surface area contributed by atoms with Crippen LogP contribution < -0.4 is 5.43 Å². The van der Waals surface area contributed by atoms with E-state index in [1.54, 1.807) is 0 Å². The van der Waals surface area contributed by atoms with Crippen molar-refractivity contribution in [1.82, 2.24) is 5.01 Å². The first-order valence-electron chi connectivity index (χ1n) is 7.54. The van der Waals surface area contributed by atoms with Gasteiger partial charge in [-0.15, -0.1) is 0 Å². The van der Waals surface area contributed by atoms with Crippen LogP contribution in [0, 0.1) is 0 Å². The number of ketones is 1. The fourth-order valence-corrected chi connectivity index (χ4v) is 2.64. The van der Waals surface area contributed by atoms with Crippen LogP contribution in [-0.4, -0.2) is 23.9 Å². The van der Waals surface area contributed by atoms with E-state index in [2.05, 4.69) is 10.4 Å². The molecule has 0 aromatic heterocycles. The van der Waals surface area contributed by atoms with Crippen molar-refractivity contribution in [1.29, 1.82) is 0 Å². The highest BCUT2D eigenvalue weighted by Gasteiger charge is 2.11. The summed E-state index contributed by atoms with van der Waals surface area (Å²) in [6, 6.07) is 17.1. The fraction of sp³-hybridized carbons (Fsp3) is 0.278. The van der Waals surface area contributed by atoms with E-state index in [-0.39, 0.29) is 5.78 Å². The van der Waals surface area contributed by atoms with Gasteiger partial charge in [0.1, 0.15) is 0 Å². The molecule has 0 radical (unpaired) electrons. The largest absolute Gasteiger partial charge is 0.319 e. The predicted octanol–water partition coefficient (Wildman–Crippen LogP) is 3.73. The number of benzene rings is 2. The number of nitrogens with one attached hydrogen (secondary N) is 1. The van der Waals surface area contributed by atoms with Gasteiger partial charge >= 0.3 is 0 Å². The molecule has 1 aliphatic rings. The third kappa shape index (κ3) is 3.50. The van der Waals surface area contributed by atoms with Gasteiger partial charge in [0.15, 0.2) is 5.78 Å². The van der Waals surface area contributed by atoms with Crippen LogP contribution in [-0.2, 0) is 0 Å². The monoisotopic (exact) mass is 280 g/mol. The minimum Gasteiger partial charge on any atom is -0.319 e. The van der Waals surface area contributed by atoms with Crippen molar-refractivity contribution in [3.05, 3.63) is 65.7 Å². The summed E-state index contributed by atoms with van der Waals surface area (Å²) >= 11 is 0. The summed E-state index contributed by atoms with van der Waals surface area (Å²) in [4.78, 5) is 12.3.